The molecule has 0 amide bonds. The normalized spacial score (nSPS) is 10.8. The third kappa shape index (κ3) is 3.45. The smallest absolute Gasteiger partial charge is 0.126 e. The quantitative estimate of drug-likeness (QED) is 0.843. The first-order valence-electron chi connectivity index (χ1n) is 5.97. The van der Waals surface area contributed by atoms with E-state index >= 15 is 0 Å². The molecule has 0 aliphatic carbocycles. The van der Waals surface area contributed by atoms with Gasteiger partial charge in [0.05, 0.1) is 0 Å². The van der Waals surface area contributed by atoms with Gasteiger partial charge in [0.25, 0.3) is 0 Å². The van der Waals surface area contributed by atoms with Crippen molar-refractivity contribution in [3.05, 3.63) is 71.6 Å². The Morgan fingerprint density at radius 3 is 2.61 bits per heavy atom. The van der Waals surface area contributed by atoms with E-state index in [2.05, 4.69) is 23.5 Å². The van der Waals surface area contributed by atoms with Crippen LogP contribution < -0.4 is 5.32 Å². The maximum absolute atomic E-state index is 13.1. The number of benzene rings is 2. The highest BCUT2D eigenvalue weighted by molar-refractivity contribution is 5.51. The number of halogens is 1. The Kier molecular flexibility index (Phi) is 4.13. The molecule has 2 rings (SSSR count). The van der Waals surface area contributed by atoms with Gasteiger partial charge in [-0.15, -0.1) is 0 Å². The highest BCUT2D eigenvalue weighted by Gasteiger charge is 1.96. The largest absolute Gasteiger partial charge is 0.382 e. The van der Waals surface area contributed by atoms with Crippen LogP contribution in [0.2, 0.25) is 0 Å². The summed E-state index contributed by atoms with van der Waals surface area (Å²) < 4.78 is 13.1. The molecule has 2 heteroatoms. The Morgan fingerprint density at radius 2 is 1.89 bits per heavy atom. The highest BCUT2D eigenvalue weighted by atomic mass is 19.1. The average Bonchev–Trinajstić information content (AvgIpc) is 2.40. The average molecular weight is 241 g/mol. The van der Waals surface area contributed by atoms with Crippen LogP contribution in [0.1, 0.15) is 11.1 Å². The van der Waals surface area contributed by atoms with Gasteiger partial charge in [-0.1, -0.05) is 42.5 Å². The van der Waals surface area contributed by atoms with Crippen molar-refractivity contribution >= 4 is 11.8 Å². The molecule has 1 nitrogen and oxygen atoms in total. The van der Waals surface area contributed by atoms with Gasteiger partial charge in [-0.05, 0) is 36.2 Å². The van der Waals surface area contributed by atoms with Crippen molar-refractivity contribution in [3.8, 4) is 0 Å². The number of nitrogens with one attached hydrogen (secondary N) is 1. The van der Waals surface area contributed by atoms with Gasteiger partial charge in [0, 0.05) is 12.2 Å². The molecule has 18 heavy (non-hydrogen) atoms. The van der Waals surface area contributed by atoms with Crippen molar-refractivity contribution in [1.29, 1.82) is 0 Å². The van der Waals surface area contributed by atoms with Gasteiger partial charge in [-0.2, -0.15) is 0 Å². The van der Waals surface area contributed by atoms with Crippen molar-refractivity contribution in [3.63, 3.8) is 0 Å². The molecule has 0 bridgehead atoms. The predicted octanol–water partition coefficient (Wildman–Crippen LogP) is 4.26. The lowest BCUT2D eigenvalue weighted by Gasteiger charge is -2.04. The molecule has 2 aromatic rings. The molecule has 0 unspecified atom stereocenters. The SMILES string of the molecule is Cc1cc(NCC=Cc2ccccc2)ccc1F. The van der Waals surface area contributed by atoms with Crippen molar-refractivity contribution in [2.24, 2.45) is 0 Å². The zero-order valence-corrected chi connectivity index (χ0v) is 10.4. The maximum atomic E-state index is 13.1. The third-order valence-electron chi connectivity index (χ3n) is 2.69. The molecule has 2 aromatic carbocycles. The molecular weight excluding hydrogens is 225 g/mol. The molecular formula is C16H16FN. The minimum Gasteiger partial charge on any atom is -0.382 e. The van der Waals surface area contributed by atoms with Gasteiger partial charge >= 0.3 is 0 Å². The summed E-state index contributed by atoms with van der Waals surface area (Å²) >= 11 is 0. The van der Waals surface area contributed by atoms with Crippen LogP contribution in [0.4, 0.5) is 10.1 Å². The van der Waals surface area contributed by atoms with E-state index in [9.17, 15) is 4.39 Å². The Morgan fingerprint density at radius 1 is 1.11 bits per heavy atom. The molecule has 1 N–H and O–H groups in total. The Balaban J connectivity index is 1.89. The lowest BCUT2D eigenvalue weighted by molar-refractivity contribution is 0.619. The first kappa shape index (κ1) is 12.4. The van der Waals surface area contributed by atoms with Crippen LogP contribution in [0, 0.1) is 12.7 Å². The van der Waals surface area contributed by atoms with Crippen LogP contribution in [-0.4, -0.2) is 6.54 Å². The first-order valence-corrected chi connectivity index (χ1v) is 5.97. The van der Waals surface area contributed by atoms with Gasteiger partial charge < -0.3 is 5.32 Å². The molecule has 0 aliphatic heterocycles. The van der Waals surface area contributed by atoms with Gasteiger partial charge in [0.1, 0.15) is 5.82 Å². The molecule has 0 aliphatic rings. The van der Waals surface area contributed by atoms with Crippen molar-refractivity contribution in [2.75, 3.05) is 11.9 Å². The molecule has 92 valence electrons. The maximum Gasteiger partial charge on any atom is 0.126 e. The van der Waals surface area contributed by atoms with E-state index in [1.54, 1.807) is 13.0 Å². The Labute approximate surface area is 107 Å². The number of rotatable bonds is 4. The van der Waals surface area contributed by atoms with Gasteiger partial charge in [-0.3, -0.25) is 0 Å². The van der Waals surface area contributed by atoms with Crippen LogP contribution in [0.25, 0.3) is 6.08 Å². The van der Waals surface area contributed by atoms with Gasteiger partial charge in [0.15, 0.2) is 0 Å². The van der Waals surface area contributed by atoms with Crippen LogP contribution in [0.5, 0.6) is 0 Å². The second-order valence-corrected chi connectivity index (χ2v) is 4.16. The first-order chi connectivity index (χ1) is 8.75. The monoisotopic (exact) mass is 241 g/mol. The predicted molar refractivity (Wildman–Crippen MR) is 75.1 cm³/mol. The van der Waals surface area contributed by atoms with Crippen LogP contribution in [-0.2, 0) is 0 Å². The third-order valence-corrected chi connectivity index (χ3v) is 2.69. The zero-order valence-electron chi connectivity index (χ0n) is 10.4. The summed E-state index contributed by atoms with van der Waals surface area (Å²) in [4.78, 5) is 0. The summed E-state index contributed by atoms with van der Waals surface area (Å²) in [6.07, 6.45) is 4.11. The molecule has 0 atom stereocenters. The minimum absolute atomic E-state index is 0.166. The van der Waals surface area contributed by atoms with Gasteiger partial charge in [-0.25, -0.2) is 4.39 Å². The molecule has 0 heterocycles. The second kappa shape index (κ2) is 6.01. The molecule has 0 aromatic heterocycles. The van der Waals surface area contributed by atoms with E-state index in [1.165, 1.54) is 11.6 Å². The van der Waals surface area contributed by atoms with E-state index in [1.807, 2.05) is 30.3 Å². The molecule has 0 saturated heterocycles. The fraction of sp³-hybridized carbons (Fsp3) is 0.125. The zero-order chi connectivity index (χ0) is 12.8. The molecule has 0 radical (unpaired) electrons. The fourth-order valence-corrected chi connectivity index (χ4v) is 1.69. The van der Waals surface area contributed by atoms with Crippen LogP contribution in [0.15, 0.2) is 54.6 Å². The minimum atomic E-state index is -0.166. The lowest BCUT2D eigenvalue weighted by Crippen LogP contribution is -1.98. The van der Waals surface area contributed by atoms with E-state index in [4.69, 9.17) is 0 Å². The van der Waals surface area contributed by atoms with Crippen LogP contribution >= 0.6 is 0 Å². The fourth-order valence-electron chi connectivity index (χ4n) is 1.69. The standard InChI is InChI=1S/C16H16FN/c1-13-12-15(9-10-16(13)17)18-11-5-8-14-6-3-2-4-7-14/h2-10,12,18H,11H2,1H3. The second-order valence-electron chi connectivity index (χ2n) is 4.16. The lowest BCUT2D eigenvalue weighted by atomic mass is 10.2. The van der Waals surface area contributed by atoms with E-state index < -0.39 is 0 Å². The van der Waals surface area contributed by atoms with E-state index in [0.717, 1.165) is 12.2 Å². The summed E-state index contributed by atoms with van der Waals surface area (Å²) in [5.74, 6) is -0.166. The summed E-state index contributed by atoms with van der Waals surface area (Å²) in [7, 11) is 0. The number of anilines is 1. The van der Waals surface area contributed by atoms with Crippen molar-refractivity contribution < 1.29 is 4.39 Å². The van der Waals surface area contributed by atoms with Crippen molar-refractivity contribution in [2.45, 2.75) is 6.92 Å². The summed E-state index contributed by atoms with van der Waals surface area (Å²) in [5, 5.41) is 3.23. The molecule has 0 spiro atoms. The summed E-state index contributed by atoms with van der Waals surface area (Å²) in [5.41, 5.74) is 2.77. The van der Waals surface area contributed by atoms with E-state index in [0.29, 0.717) is 5.56 Å². The van der Waals surface area contributed by atoms with E-state index in [-0.39, 0.29) is 5.82 Å². The summed E-state index contributed by atoms with van der Waals surface area (Å²) in [6, 6.07) is 15.2. The topological polar surface area (TPSA) is 12.0 Å². The molecule has 0 saturated carbocycles. The summed E-state index contributed by atoms with van der Waals surface area (Å²) in [6.45, 7) is 2.49. The number of hydrogen-bond acceptors (Lipinski definition) is 1. The Hall–Kier alpha value is -2.09. The highest BCUT2D eigenvalue weighted by Crippen LogP contribution is 2.13. The number of aryl methyl sites for hydroxylation is 1. The Bertz CT molecular complexity index is 532. The molecule has 0 fully saturated rings. The van der Waals surface area contributed by atoms with Crippen LogP contribution in [0.3, 0.4) is 0 Å². The van der Waals surface area contributed by atoms with Gasteiger partial charge in [0.2, 0.25) is 0 Å². The van der Waals surface area contributed by atoms with Crippen molar-refractivity contribution in [1.82, 2.24) is 0 Å². The number of hydrogen-bond donors (Lipinski definition) is 1.